The van der Waals surface area contributed by atoms with Gasteiger partial charge in [0, 0.05) is 29.0 Å². The van der Waals surface area contributed by atoms with Gasteiger partial charge >= 0.3 is 5.97 Å². The van der Waals surface area contributed by atoms with Crippen LogP contribution in [0.25, 0.3) is 16.3 Å². The molecule has 0 spiro atoms. The lowest BCUT2D eigenvalue weighted by molar-refractivity contribution is -0.384. The van der Waals surface area contributed by atoms with Crippen LogP contribution < -0.4 is 14.4 Å². The van der Waals surface area contributed by atoms with E-state index in [-0.39, 0.29) is 11.4 Å². The zero-order valence-electron chi connectivity index (χ0n) is 22.6. The van der Waals surface area contributed by atoms with Crippen molar-refractivity contribution in [3.8, 4) is 11.5 Å². The highest BCUT2D eigenvalue weighted by Crippen LogP contribution is 2.55. The lowest BCUT2D eigenvalue weighted by Crippen LogP contribution is -2.42. The summed E-state index contributed by atoms with van der Waals surface area (Å²) in [6, 6.07) is 22.8. The number of aryl methyl sites for hydroxylation is 1. The molecule has 2 heterocycles. The van der Waals surface area contributed by atoms with Crippen LogP contribution >= 0.6 is 0 Å². The van der Waals surface area contributed by atoms with E-state index in [9.17, 15) is 24.5 Å². The average molecular weight is 561 g/mol. The summed E-state index contributed by atoms with van der Waals surface area (Å²) in [5.41, 5.74) is 2.52. The summed E-state index contributed by atoms with van der Waals surface area (Å²) in [7, 11) is 1.56. The SMILES string of the molecule is COc1ccc([C@@H]2C=C3c4ccc5ccccc5c4OC(=O)[C@@H]3[C@H]3C(=O)N(c4cc([N+](=O)[O-])ccc4C)C(=O)[C@H]32)cc1. The summed E-state index contributed by atoms with van der Waals surface area (Å²) < 4.78 is 11.3. The van der Waals surface area contributed by atoms with Crippen LogP contribution in [0.2, 0.25) is 0 Å². The van der Waals surface area contributed by atoms with Crippen LogP contribution in [-0.2, 0) is 14.4 Å². The maximum atomic E-state index is 14.3. The monoisotopic (exact) mass is 560 g/mol. The standard InChI is InChI=1S/C33H24N2O7/c1-17-7-11-20(35(39)40)15-26(17)34-31(36)27-24(19-8-12-21(41-2)13-9-19)16-25-23-14-10-18-5-3-4-6-22(18)30(23)42-33(38)28(25)29(27)32(34)37/h3-16,24,27-29H,1-2H3/t24-,27-,28-,29-/m0/s1. The van der Waals surface area contributed by atoms with E-state index < -0.39 is 46.4 Å². The van der Waals surface area contributed by atoms with Gasteiger partial charge in [0.05, 0.1) is 35.5 Å². The second-order valence-electron chi connectivity index (χ2n) is 10.8. The lowest BCUT2D eigenvalue weighted by atomic mass is 9.64. The van der Waals surface area contributed by atoms with Gasteiger partial charge in [-0.25, -0.2) is 4.90 Å². The highest BCUT2D eigenvalue weighted by Gasteiger charge is 2.60. The van der Waals surface area contributed by atoms with Gasteiger partial charge in [-0.3, -0.25) is 24.5 Å². The van der Waals surface area contributed by atoms with Crippen LogP contribution in [0.3, 0.4) is 0 Å². The molecule has 0 radical (unpaired) electrons. The quantitative estimate of drug-likeness (QED) is 0.105. The van der Waals surface area contributed by atoms with Gasteiger partial charge in [-0.1, -0.05) is 60.7 Å². The fourth-order valence-corrected chi connectivity index (χ4v) is 6.63. The molecule has 2 aliphatic heterocycles. The van der Waals surface area contributed by atoms with Crippen molar-refractivity contribution >= 4 is 45.5 Å². The predicted octanol–water partition coefficient (Wildman–Crippen LogP) is 5.59. The number of amides is 2. The van der Waals surface area contributed by atoms with Gasteiger partial charge in [-0.15, -0.1) is 0 Å². The Morgan fingerprint density at radius 2 is 1.64 bits per heavy atom. The normalized spacial score (nSPS) is 22.7. The molecule has 1 fully saturated rings. The number of allylic oxidation sites excluding steroid dienone is 1. The number of non-ortho nitro benzene ring substituents is 1. The van der Waals surface area contributed by atoms with Crippen LogP contribution in [0.4, 0.5) is 11.4 Å². The molecule has 0 bridgehead atoms. The van der Waals surface area contributed by atoms with E-state index in [0.29, 0.717) is 28.2 Å². The number of carbonyl (C=O) groups is 3. The maximum Gasteiger partial charge on any atom is 0.319 e. The predicted molar refractivity (Wildman–Crippen MR) is 154 cm³/mol. The van der Waals surface area contributed by atoms with Gasteiger partial charge in [-0.2, -0.15) is 0 Å². The third-order valence-corrected chi connectivity index (χ3v) is 8.63. The minimum Gasteiger partial charge on any atom is -0.497 e. The van der Waals surface area contributed by atoms with Crippen molar-refractivity contribution in [1.82, 2.24) is 0 Å². The minimum absolute atomic E-state index is 0.138. The van der Waals surface area contributed by atoms with E-state index in [0.717, 1.165) is 21.2 Å². The molecule has 1 saturated heterocycles. The number of hydrogen-bond acceptors (Lipinski definition) is 7. The number of methoxy groups -OCH3 is 1. The van der Waals surface area contributed by atoms with Crippen LogP contribution in [0.1, 0.15) is 22.6 Å². The summed E-state index contributed by atoms with van der Waals surface area (Å²) in [6.07, 6.45) is 1.91. The first-order valence-electron chi connectivity index (χ1n) is 13.5. The largest absolute Gasteiger partial charge is 0.497 e. The molecule has 4 aromatic carbocycles. The van der Waals surface area contributed by atoms with Gasteiger partial charge in [0.15, 0.2) is 0 Å². The van der Waals surface area contributed by atoms with Gasteiger partial charge in [-0.05, 0) is 41.1 Å². The van der Waals surface area contributed by atoms with Gasteiger partial charge in [0.25, 0.3) is 5.69 Å². The van der Waals surface area contributed by atoms with E-state index in [4.69, 9.17) is 9.47 Å². The molecular formula is C33H24N2O7. The van der Waals surface area contributed by atoms with Crippen LogP contribution in [0.5, 0.6) is 11.5 Å². The highest BCUT2D eigenvalue weighted by atomic mass is 16.6. The van der Waals surface area contributed by atoms with E-state index in [2.05, 4.69) is 0 Å². The molecule has 0 unspecified atom stereocenters. The topological polar surface area (TPSA) is 116 Å². The molecule has 2 amide bonds. The van der Waals surface area contributed by atoms with Crippen LogP contribution in [0, 0.1) is 34.8 Å². The zero-order valence-corrected chi connectivity index (χ0v) is 22.6. The summed E-state index contributed by atoms with van der Waals surface area (Å²) in [5.74, 6) is -4.19. The maximum absolute atomic E-state index is 14.3. The Labute approximate surface area is 240 Å². The Balaban J connectivity index is 1.44. The van der Waals surface area contributed by atoms with Crippen molar-refractivity contribution < 1.29 is 28.8 Å². The molecule has 42 heavy (non-hydrogen) atoms. The smallest absolute Gasteiger partial charge is 0.319 e. The number of benzene rings is 4. The van der Waals surface area contributed by atoms with Crippen molar-refractivity contribution in [2.45, 2.75) is 12.8 Å². The summed E-state index contributed by atoms with van der Waals surface area (Å²) in [5, 5.41) is 13.2. The molecule has 0 N–H and O–H groups in total. The van der Waals surface area contributed by atoms with Gasteiger partial charge in [0.2, 0.25) is 11.8 Å². The number of carbonyl (C=O) groups excluding carboxylic acids is 3. The number of imide groups is 1. The third-order valence-electron chi connectivity index (χ3n) is 8.63. The number of hydrogen-bond donors (Lipinski definition) is 0. The van der Waals surface area contributed by atoms with Crippen molar-refractivity contribution in [2.75, 3.05) is 12.0 Å². The molecule has 9 heteroatoms. The number of anilines is 1. The van der Waals surface area contributed by atoms with E-state index >= 15 is 0 Å². The lowest BCUT2D eigenvalue weighted by Gasteiger charge is -2.38. The molecule has 1 aliphatic carbocycles. The number of rotatable bonds is 4. The van der Waals surface area contributed by atoms with Crippen molar-refractivity contribution in [1.29, 1.82) is 0 Å². The summed E-state index contributed by atoms with van der Waals surface area (Å²) in [6.45, 7) is 1.68. The summed E-state index contributed by atoms with van der Waals surface area (Å²) >= 11 is 0. The number of fused-ring (bicyclic) bond motifs is 7. The van der Waals surface area contributed by atoms with Crippen molar-refractivity contribution in [2.24, 2.45) is 17.8 Å². The number of esters is 1. The number of ether oxygens (including phenoxy) is 2. The molecule has 208 valence electrons. The molecule has 4 atom stereocenters. The Morgan fingerprint density at radius 1 is 0.905 bits per heavy atom. The molecule has 7 rings (SSSR count). The second kappa shape index (κ2) is 9.37. The molecule has 9 nitrogen and oxygen atoms in total. The first-order valence-corrected chi connectivity index (χ1v) is 13.5. The average Bonchev–Trinajstić information content (AvgIpc) is 3.26. The third kappa shape index (κ3) is 3.66. The molecule has 0 saturated carbocycles. The van der Waals surface area contributed by atoms with E-state index in [1.54, 1.807) is 26.2 Å². The minimum atomic E-state index is -1.06. The second-order valence-corrected chi connectivity index (χ2v) is 10.8. The fraction of sp³-hybridized carbons (Fsp3) is 0.182. The first-order chi connectivity index (χ1) is 20.3. The molecule has 0 aromatic heterocycles. The first kappa shape index (κ1) is 25.6. The number of nitro groups is 1. The van der Waals surface area contributed by atoms with Gasteiger partial charge in [0.1, 0.15) is 11.5 Å². The van der Waals surface area contributed by atoms with E-state index in [1.165, 1.54) is 18.2 Å². The Bertz CT molecular complexity index is 1880. The Hall–Kier alpha value is -5.31. The van der Waals surface area contributed by atoms with Gasteiger partial charge < -0.3 is 9.47 Å². The Kier molecular flexibility index (Phi) is 5.72. The molecule has 3 aliphatic rings. The number of nitrogens with zero attached hydrogens (tertiary/aromatic N) is 2. The molecular weight excluding hydrogens is 536 g/mol. The molecule has 4 aromatic rings. The van der Waals surface area contributed by atoms with Crippen LogP contribution in [0.15, 0.2) is 84.9 Å². The van der Waals surface area contributed by atoms with Crippen LogP contribution in [-0.4, -0.2) is 29.8 Å². The Morgan fingerprint density at radius 3 is 2.38 bits per heavy atom. The number of nitro benzene ring substituents is 1. The summed E-state index contributed by atoms with van der Waals surface area (Å²) in [4.78, 5) is 54.3. The fourth-order valence-electron chi connectivity index (χ4n) is 6.63. The van der Waals surface area contributed by atoms with Crippen molar-refractivity contribution in [3.63, 3.8) is 0 Å². The van der Waals surface area contributed by atoms with Crippen molar-refractivity contribution in [3.05, 3.63) is 112 Å². The zero-order chi connectivity index (χ0) is 29.3. The highest BCUT2D eigenvalue weighted by molar-refractivity contribution is 6.25. The van der Waals surface area contributed by atoms with E-state index in [1.807, 2.05) is 54.6 Å².